The molecule has 0 aliphatic carbocycles. The molecule has 6 heteroatoms. The molecular weight excluding hydrogens is 238 g/mol. The Morgan fingerprint density at radius 1 is 1.11 bits per heavy atom. The van der Waals surface area contributed by atoms with Crippen LogP contribution in [0, 0.1) is 0 Å². The Hall–Kier alpha value is -2.37. The minimum atomic E-state index is -1.13. The molecule has 0 bridgehead atoms. The summed E-state index contributed by atoms with van der Waals surface area (Å²) in [7, 11) is 0. The first-order valence-electron chi connectivity index (χ1n) is 5.19. The predicted molar refractivity (Wildman–Crippen MR) is 63.9 cm³/mol. The van der Waals surface area contributed by atoms with Crippen LogP contribution in [0.5, 0.6) is 0 Å². The van der Waals surface area contributed by atoms with Gasteiger partial charge in [-0.1, -0.05) is 12.1 Å². The van der Waals surface area contributed by atoms with Crippen molar-refractivity contribution >= 4 is 23.4 Å². The summed E-state index contributed by atoms with van der Waals surface area (Å²) in [6.45, 7) is 0.513. The van der Waals surface area contributed by atoms with Crippen LogP contribution < -0.4 is 4.90 Å². The Morgan fingerprint density at radius 3 is 2.11 bits per heavy atom. The molecule has 2 N–H and O–H groups in total. The number of carbonyl (C=O) groups excluding carboxylic acids is 1. The van der Waals surface area contributed by atoms with Crippen molar-refractivity contribution in [1.29, 1.82) is 0 Å². The molecule has 0 unspecified atom stereocenters. The molecule has 0 aromatic heterocycles. The molecule has 0 spiro atoms. The van der Waals surface area contributed by atoms with Crippen molar-refractivity contribution in [3.8, 4) is 0 Å². The highest BCUT2D eigenvalue weighted by molar-refractivity contribution is 5.95. The second-order valence-electron chi connectivity index (χ2n) is 3.75. The second kappa shape index (κ2) is 5.81. The number of carbonyl (C=O) groups is 3. The van der Waals surface area contributed by atoms with E-state index < -0.39 is 25.0 Å². The minimum absolute atomic E-state index is 0.164. The topological polar surface area (TPSA) is 94.9 Å². The van der Waals surface area contributed by atoms with Gasteiger partial charge in [-0.2, -0.15) is 0 Å². The minimum Gasteiger partial charge on any atom is -0.480 e. The predicted octanol–water partition coefficient (Wildman–Crippen LogP) is 0.865. The quantitative estimate of drug-likeness (QED) is 0.728. The first-order valence-corrected chi connectivity index (χ1v) is 5.19. The van der Waals surface area contributed by atoms with Gasteiger partial charge in [0.1, 0.15) is 13.1 Å². The van der Waals surface area contributed by atoms with Crippen LogP contribution in [-0.4, -0.2) is 41.0 Å². The number of ketones is 1. The van der Waals surface area contributed by atoms with Crippen LogP contribution in [0.2, 0.25) is 0 Å². The molecule has 0 saturated carbocycles. The highest BCUT2D eigenvalue weighted by Crippen LogP contribution is 2.16. The lowest BCUT2D eigenvalue weighted by Gasteiger charge is -2.20. The molecule has 0 atom stereocenters. The maximum Gasteiger partial charge on any atom is 0.323 e. The van der Waals surface area contributed by atoms with Gasteiger partial charge in [-0.15, -0.1) is 0 Å². The first kappa shape index (κ1) is 13.7. The van der Waals surface area contributed by atoms with Gasteiger partial charge >= 0.3 is 11.9 Å². The molecule has 0 radical (unpaired) electrons. The van der Waals surface area contributed by atoms with Crippen LogP contribution in [0.25, 0.3) is 0 Å². The van der Waals surface area contributed by atoms with Crippen molar-refractivity contribution in [2.45, 2.75) is 6.92 Å². The molecule has 96 valence electrons. The molecule has 0 amide bonds. The summed E-state index contributed by atoms with van der Waals surface area (Å²) in [6, 6.07) is 6.22. The van der Waals surface area contributed by atoms with Crippen molar-refractivity contribution < 1.29 is 24.6 Å². The number of hydrogen-bond donors (Lipinski definition) is 2. The monoisotopic (exact) mass is 251 g/mol. The van der Waals surface area contributed by atoms with Gasteiger partial charge in [0, 0.05) is 11.3 Å². The number of aliphatic carboxylic acids is 2. The lowest BCUT2D eigenvalue weighted by atomic mass is 10.1. The number of Topliss-reactive ketones (excluding diaryl/α,β-unsaturated/α-hetero) is 1. The molecule has 0 fully saturated rings. The van der Waals surface area contributed by atoms with E-state index in [-0.39, 0.29) is 5.78 Å². The van der Waals surface area contributed by atoms with Crippen LogP contribution in [0.3, 0.4) is 0 Å². The Morgan fingerprint density at radius 2 is 1.67 bits per heavy atom. The van der Waals surface area contributed by atoms with Gasteiger partial charge in [0.2, 0.25) is 0 Å². The van der Waals surface area contributed by atoms with E-state index in [2.05, 4.69) is 0 Å². The van der Waals surface area contributed by atoms with E-state index in [4.69, 9.17) is 10.2 Å². The van der Waals surface area contributed by atoms with E-state index in [1.54, 1.807) is 18.2 Å². The Bertz CT molecular complexity index is 467. The number of nitrogens with zero attached hydrogens (tertiary/aromatic N) is 1. The van der Waals surface area contributed by atoms with Crippen LogP contribution in [-0.2, 0) is 9.59 Å². The maximum atomic E-state index is 11.2. The van der Waals surface area contributed by atoms with E-state index in [9.17, 15) is 14.4 Å². The van der Waals surface area contributed by atoms with Crippen LogP contribution in [0.4, 0.5) is 5.69 Å². The van der Waals surface area contributed by atoms with E-state index in [0.29, 0.717) is 11.3 Å². The summed E-state index contributed by atoms with van der Waals surface area (Å²) < 4.78 is 0. The van der Waals surface area contributed by atoms with E-state index in [1.165, 1.54) is 17.9 Å². The molecular formula is C12H13NO5. The highest BCUT2D eigenvalue weighted by Gasteiger charge is 2.15. The zero-order chi connectivity index (χ0) is 13.7. The molecule has 1 aromatic rings. The molecule has 18 heavy (non-hydrogen) atoms. The molecule has 1 aromatic carbocycles. The smallest absolute Gasteiger partial charge is 0.323 e. The number of hydrogen-bond acceptors (Lipinski definition) is 4. The summed E-state index contributed by atoms with van der Waals surface area (Å²) >= 11 is 0. The summed E-state index contributed by atoms with van der Waals surface area (Å²) in [6.07, 6.45) is 0. The summed E-state index contributed by atoms with van der Waals surface area (Å²) in [4.78, 5) is 33.8. The Labute approximate surface area is 103 Å². The normalized spacial score (nSPS) is 9.83. The van der Waals surface area contributed by atoms with Gasteiger partial charge in [0.25, 0.3) is 0 Å². The van der Waals surface area contributed by atoms with E-state index in [0.717, 1.165) is 0 Å². The Balaban J connectivity index is 3.03. The third kappa shape index (κ3) is 3.89. The van der Waals surface area contributed by atoms with Crippen molar-refractivity contribution in [3.05, 3.63) is 29.8 Å². The Kier molecular flexibility index (Phi) is 4.42. The van der Waals surface area contributed by atoms with Crippen molar-refractivity contribution in [2.24, 2.45) is 0 Å². The third-order valence-electron chi connectivity index (χ3n) is 2.27. The van der Waals surface area contributed by atoms with Gasteiger partial charge in [-0.3, -0.25) is 14.4 Å². The molecule has 0 aliphatic rings. The van der Waals surface area contributed by atoms with E-state index >= 15 is 0 Å². The van der Waals surface area contributed by atoms with Gasteiger partial charge in [-0.05, 0) is 19.1 Å². The number of anilines is 1. The van der Waals surface area contributed by atoms with Crippen molar-refractivity contribution in [1.82, 2.24) is 0 Å². The van der Waals surface area contributed by atoms with Crippen LogP contribution in [0.15, 0.2) is 24.3 Å². The summed E-state index contributed by atoms with van der Waals surface area (Å²) in [5.74, 6) is -2.43. The SMILES string of the molecule is CC(=O)c1cccc(N(CC(=O)O)CC(=O)O)c1. The summed E-state index contributed by atoms with van der Waals surface area (Å²) in [5, 5.41) is 17.5. The van der Waals surface area contributed by atoms with Crippen LogP contribution >= 0.6 is 0 Å². The van der Waals surface area contributed by atoms with E-state index in [1.807, 2.05) is 0 Å². The number of carboxylic acids is 2. The number of rotatable bonds is 6. The largest absolute Gasteiger partial charge is 0.480 e. The highest BCUT2D eigenvalue weighted by atomic mass is 16.4. The number of carboxylic acid groups (broad SMARTS) is 2. The van der Waals surface area contributed by atoms with Gasteiger partial charge in [0.05, 0.1) is 0 Å². The lowest BCUT2D eigenvalue weighted by molar-refractivity contribution is -0.136. The fraction of sp³-hybridized carbons (Fsp3) is 0.250. The molecule has 0 aliphatic heterocycles. The average Bonchev–Trinajstić information content (AvgIpc) is 2.27. The molecule has 6 nitrogen and oxygen atoms in total. The first-order chi connectivity index (χ1) is 8.40. The zero-order valence-corrected chi connectivity index (χ0v) is 9.79. The maximum absolute atomic E-state index is 11.2. The van der Waals surface area contributed by atoms with Gasteiger partial charge < -0.3 is 15.1 Å². The van der Waals surface area contributed by atoms with Gasteiger partial charge in [-0.25, -0.2) is 0 Å². The second-order valence-corrected chi connectivity index (χ2v) is 3.75. The van der Waals surface area contributed by atoms with Crippen molar-refractivity contribution in [3.63, 3.8) is 0 Å². The molecule has 0 saturated heterocycles. The standard InChI is InChI=1S/C12H13NO5/c1-8(14)9-3-2-4-10(5-9)13(6-11(15)16)7-12(17)18/h2-5H,6-7H2,1H3,(H,15,16)(H,17,18). The average molecular weight is 251 g/mol. The third-order valence-corrected chi connectivity index (χ3v) is 2.27. The van der Waals surface area contributed by atoms with Crippen molar-refractivity contribution in [2.75, 3.05) is 18.0 Å². The lowest BCUT2D eigenvalue weighted by Crippen LogP contribution is -2.34. The van der Waals surface area contributed by atoms with Crippen LogP contribution in [0.1, 0.15) is 17.3 Å². The molecule has 0 heterocycles. The van der Waals surface area contributed by atoms with Gasteiger partial charge in [0.15, 0.2) is 5.78 Å². The number of benzene rings is 1. The fourth-order valence-corrected chi connectivity index (χ4v) is 1.49. The molecule has 1 rings (SSSR count). The fourth-order valence-electron chi connectivity index (χ4n) is 1.49. The summed E-state index contributed by atoms with van der Waals surface area (Å²) in [5.41, 5.74) is 0.806. The zero-order valence-electron chi connectivity index (χ0n) is 9.79.